The van der Waals surface area contributed by atoms with Crippen LogP contribution in [0.25, 0.3) is 0 Å². The van der Waals surface area contributed by atoms with E-state index >= 15 is 0 Å². The van der Waals surface area contributed by atoms with E-state index in [0.29, 0.717) is 24.3 Å². The van der Waals surface area contributed by atoms with Crippen molar-refractivity contribution >= 4 is 17.3 Å². The number of para-hydroxylation sites is 1. The summed E-state index contributed by atoms with van der Waals surface area (Å²) in [5, 5.41) is 3.33. The molecule has 1 N–H and O–H groups in total. The molecule has 3 nitrogen and oxygen atoms in total. The lowest BCUT2D eigenvalue weighted by Gasteiger charge is -2.35. The highest BCUT2D eigenvalue weighted by atomic mass is 16.1. The summed E-state index contributed by atoms with van der Waals surface area (Å²) in [6.07, 6.45) is 7.74. The first-order chi connectivity index (χ1) is 16.7. The van der Waals surface area contributed by atoms with Gasteiger partial charge in [-0.15, -0.1) is 0 Å². The lowest BCUT2D eigenvalue weighted by molar-refractivity contribution is -0.116. The molecule has 3 heteroatoms. The molecule has 0 fully saturated rings. The highest BCUT2D eigenvalue weighted by Gasteiger charge is 2.22. The number of rotatable bonds is 14. The van der Waals surface area contributed by atoms with Crippen LogP contribution in [0.4, 0.5) is 11.4 Å². The molecular formula is C32H50N2O. The highest BCUT2D eigenvalue weighted by Crippen LogP contribution is 2.33. The van der Waals surface area contributed by atoms with Crippen molar-refractivity contribution in [1.82, 2.24) is 0 Å². The number of unbranched alkanes of at least 4 members (excludes halogenated alkanes) is 2. The van der Waals surface area contributed by atoms with Gasteiger partial charge in [-0.25, -0.2) is 0 Å². The molecule has 0 aliphatic carbocycles. The van der Waals surface area contributed by atoms with Crippen molar-refractivity contribution in [1.29, 1.82) is 0 Å². The Labute approximate surface area is 215 Å². The second-order valence-corrected chi connectivity index (χ2v) is 10.8. The van der Waals surface area contributed by atoms with Gasteiger partial charge in [-0.1, -0.05) is 103 Å². The fourth-order valence-electron chi connectivity index (χ4n) is 5.17. The van der Waals surface area contributed by atoms with Gasteiger partial charge in [0, 0.05) is 30.4 Å². The van der Waals surface area contributed by atoms with Crippen molar-refractivity contribution in [2.75, 3.05) is 16.8 Å². The number of carbonyl (C=O) groups is 1. The van der Waals surface area contributed by atoms with Crippen molar-refractivity contribution in [2.45, 2.75) is 118 Å². The zero-order chi connectivity index (χ0) is 26.0. The van der Waals surface area contributed by atoms with Crippen LogP contribution in [0.15, 0.2) is 36.4 Å². The molecule has 1 atom stereocenters. The van der Waals surface area contributed by atoms with Crippen LogP contribution >= 0.6 is 0 Å². The van der Waals surface area contributed by atoms with Crippen LogP contribution in [0.5, 0.6) is 0 Å². The molecule has 1 unspecified atom stereocenters. The molecule has 0 aliphatic heterocycles. The van der Waals surface area contributed by atoms with Crippen LogP contribution in [0.1, 0.15) is 121 Å². The number of nitrogens with zero attached hydrogens (tertiary/aromatic N) is 1. The maximum absolute atomic E-state index is 13.3. The predicted molar refractivity (Wildman–Crippen MR) is 154 cm³/mol. The minimum absolute atomic E-state index is 0.110. The molecule has 0 heterocycles. The van der Waals surface area contributed by atoms with Gasteiger partial charge in [0.2, 0.25) is 5.91 Å². The van der Waals surface area contributed by atoms with Crippen LogP contribution < -0.4 is 10.2 Å². The summed E-state index contributed by atoms with van der Waals surface area (Å²) in [7, 11) is 0. The number of hydrogen-bond donors (Lipinski definition) is 1. The Bertz CT molecular complexity index is 905. The standard InChI is InChI=1S/C32H50N2O/c1-9-11-12-15-27(14-10-2)34(30-19-18-25(7)22-26(30)8)21-20-31(35)33-32-28(23(3)4)16-13-17-29(32)24(5)6/h13,16-19,22-24,27H,9-12,14-15,20-21H2,1-8H3,(H,33,35). The maximum atomic E-state index is 13.3. The molecule has 2 aromatic carbocycles. The monoisotopic (exact) mass is 478 g/mol. The minimum atomic E-state index is 0.110. The second-order valence-electron chi connectivity index (χ2n) is 10.8. The third kappa shape index (κ3) is 8.40. The Morgan fingerprint density at radius 1 is 0.886 bits per heavy atom. The predicted octanol–water partition coefficient (Wildman–Crippen LogP) is 9.13. The van der Waals surface area contributed by atoms with Gasteiger partial charge in [0.1, 0.15) is 0 Å². The average Bonchev–Trinajstić information content (AvgIpc) is 2.80. The zero-order valence-electron chi connectivity index (χ0n) is 23.7. The largest absolute Gasteiger partial charge is 0.368 e. The van der Waals surface area contributed by atoms with Gasteiger partial charge in [0.15, 0.2) is 0 Å². The molecule has 35 heavy (non-hydrogen) atoms. The fraction of sp³-hybridized carbons (Fsp3) is 0.594. The van der Waals surface area contributed by atoms with Crippen LogP contribution in [0.2, 0.25) is 0 Å². The molecule has 194 valence electrons. The molecule has 0 spiro atoms. The molecule has 0 saturated heterocycles. The molecule has 0 radical (unpaired) electrons. The maximum Gasteiger partial charge on any atom is 0.226 e. The van der Waals surface area contributed by atoms with Gasteiger partial charge in [0.25, 0.3) is 0 Å². The summed E-state index contributed by atoms with van der Waals surface area (Å²) < 4.78 is 0. The fourth-order valence-corrected chi connectivity index (χ4v) is 5.17. The van der Waals surface area contributed by atoms with Crippen LogP contribution in [-0.2, 0) is 4.79 Å². The number of amides is 1. The van der Waals surface area contributed by atoms with Gasteiger partial charge in [-0.2, -0.15) is 0 Å². The van der Waals surface area contributed by atoms with Gasteiger partial charge in [0.05, 0.1) is 0 Å². The van der Waals surface area contributed by atoms with Crippen molar-refractivity contribution in [3.63, 3.8) is 0 Å². The quantitative estimate of drug-likeness (QED) is 0.274. The van der Waals surface area contributed by atoms with E-state index in [9.17, 15) is 4.79 Å². The molecule has 0 saturated carbocycles. The van der Waals surface area contributed by atoms with Crippen molar-refractivity contribution < 1.29 is 4.79 Å². The summed E-state index contributed by atoms with van der Waals surface area (Å²) in [4.78, 5) is 15.9. The number of aryl methyl sites for hydroxylation is 2. The first-order valence-corrected chi connectivity index (χ1v) is 14.0. The highest BCUT2D eigenvalue weighted by molar-refractivity contribution is 5.93. The van der Waals surface area contributed by atoms with E-state index in [4.69, 9.17) is 0 Å². The molecular weight excluding hydrogens is 428 g/mol. The number of hydrogen-bond acceptors (Lipinski definition) is 2. The SMILES string of the molecule is CCCCCC(CCC)N(CCC(=O)Nc1c(C(C)C)cccc1C(C)C)c1ccc(C)cc1C. The van der Waals surface area contributed by atoms with E-state index in [0.717, 1.165) is 25.1 Å². The van der Waals surface area contributed by atoms with Crippen LogP contribution in [-0.4, -0.2) is 18.5 Å². The topological polar surface area (TPSA) is 32.3 Å². The molecule has 2 aromatic rings. The molecule has 1 amide bonds. The van der Waals surface area contributed by atoms with Gasteiger partial charge in [-0.3, -0.25) is 4.79 Å². The van der Waals surface area contributed by atoms with Gasteiger partial charge >= 0.3 is 0 Å². The van der Waals surface area contributed by atoms with Crippen LogP contribution in [0, 0.1) is 13.8 Å². The van der Waals surface area contributed by atoms with Gasteiger partial charge in [-0.05, 0) is 61.3 Å². The average molecular weight is 479 g/mol. The van der Waals surface area contributed by atoms with E-state index in [2.05, 4.69) is 102 Å². The smallest absolute Gasteiger partial charge is 0.226 e. The minimum Gasteiger partial charge on any atom is -0.368 e. The third-order valence-corrected chi connectivity index (χ3v) is 7.08. The molecule has 0 bridgehead atoms. The Kier molecular flexibility index (Phi) is 11.8. The van der Waals surface area contributed by atoms with Crippen LogP contribution in [0.3, 0.4) is 0 Å². The van der Waals surface area contributed by atoms with E-state index in [1.165, 1.54) is 53.6 Å². The van der Waals surface area contributed by atoms with E-state index < -0.39 is 0 Å². The molecule has 0 aromatic heterocycles. The Morgan fingerprint density at radius 2 is 1.54 bits per heavy atom. The van der Waals surface area contributed by atoms with E-state index in [-0.39, 0.29) is 5.91 Å². The number of carbonyl (C=O) groups excluding carboxylic acids is 1. The third-order valence-electron chi connectivity index (χ3n) is 7.08. The summed E-state index contributed by atoms with van der Waals surface area (Å²) >= 11 is 0. The van der Waals surface area contributed by atoms with Gasteiger partial charge < -0.3 is 10.2 Å². The number of benzene rings is 2. The Balaban J connectivity index is 2.28. The number of anilines is 2. The second kappa shape index (κ2) is 14.3. The lowest BCUT2D eigenvalue weighted by Crippen LogP contribution is -2.38. The molecule has 2 rings (SSSR count). The summed E-state index contributed by atoms with van der Waals surface area (Å²) in [5.41, 5.74) is 7.33. The molecule has 0 aliphatic rings. The first kappa shape index (κ1) is 28.9. The first-order valence-electron chi connectivity index (χ1n) is 14.0. The van der Waals surface area contributed by atoms with Crippen molar-refractivity contribution in [3.8, 4) is 0 Å². The normalized spacial score (nSPS) is 12.3. The Hall–Kier alpha value is -2.29. The summed E-state index contributed by atoms with van der Waals surface area (Å²) in [6, 6.07) is 13.6. The van der Waals surface area contributed by atoms with E-state index in [1.54, 1.807) is 0 Å². The van der Waals surface area contributed by atoms with E-state index in [1.807, 2.05) is 0 Å². The summed E-state index contributed by atoms with van der Waals surface area (Å²) in [5.74, 6) is 0.838. The van der Waals surface area contributed by atoms with Crippen molar-refractivity contribution in [3.05, 3.63) is 58.7 Å². The van der Waals surface area contributed by atoms with Crippen molar-refractivity contribution in [2.24, 2.45) is 0 Å². The lowest BCUT2D eigenvalue weighted by atomic mass is 9.92. The number of nitrogens with one attached hydrogen (secondary N) is 1. The Morgan fingerprint density at radius 3 is 2.09 bits per heavy atom. The zero-order valence-corrected chi connectivity index (χ0v) is 23.7. The summed E-state index contributed by atoms with van der Waals surface area (Å²) in [6.45, 7) is 18.4.